The van der Waals surface area contributed by atoms with Gasteiger partial charge in [-0.1, -0.05) is 34.6 Å². The molecule has 0 aromatic heterocycles. The van der Waals surface area contributed by atoms with Crippen molar-refractivity contribution in [1.82, 2.24) is 10.2 Å². The minimum absolute atomic E-state index is 0.357. The molecule has 0 amide bonds. The molecule has 3 heteroatoms. The maximum atomic E-state index is 3.66. The molecular weight excluding hydrogens is 240 g/mol. The Bertz CT molecular complexity index is 237. The summed E-state index contributed by atoms with van der Waals surface area (Å²) in [5, 5.41) is 4.44. The Hall–Kier alpha value is 0.270. The summed E-state index contributed by atoms with van der Waals surface area (Å²) in [6.07, 6.45) is 1.26. The van der Waals surface area contributed by atoms with Gasteiger partial charge >= 0.3 is 0 Å². The smallest absolute Gasteiger partial charge is 0.0184 e. The third-order valence-electron chi connectivity index (χ3n) is 4.22. The van der Waals surface area contributed by atoms with E-state index < -0.39 is 0 Å². The first kappa shape index (κ1) is 16.3. The molecule has 3 unspecified atom stereocenters. The molecule has 0 radical (unpaired) electrons. The van der Waals surface area contributed by atoms with Crippen LogP contribution < -0.4 is 5.32 Å². The highest BCUT2D eigenvalue weighted by molar-refractivity contribution is 8.00. The lowest BCUT2D eigenvalue weighted by Gasteiger charge is -2.39. The lowest BCUT2D eigenvalue weighted by atomic mass is 9.84. The van der Waals surface area contributed by atoms with Crippen molar-refractivity contribution < 1.29 is 0 Å². The van der Waals surface area contributed by atoms with Gasteiger partial charge < -0.3 is 5.32 Å². The molecule has 1 fully saturated rings. The van der Waals surface area contributed by atoms with E-state index in [0.29, 0.717) is 11.5 Å². The van der Waals surface area contributed by atoms with E-state index in [1.807, 2.05) is 0 Å². The molecule has 1 saturated heterocycles. The van der Waals surface area contributed by atoms with Gasteiger partial charge in [-0.3, -0.25) is 4.90 Å². The van der Waals surface area contributed by atoms with Crippen LogP contribution in [-0.4, -0.2) is 47.6 Å². The van der Waals surface area contributed by atoms with Gasteiger partial charge in [0.25, 0.3) is 0 Å². The average molecular weight is 273 g/mol. The molecule has 1 aliphatic heterocycles. The summed E-state index contributed by atoms with van der Waals surface area (Å²) in [5.74, 6) is 1.30. The van der Waals surface area contributed by atoms with Crippen LogP contribution in [0.15, 0.2) is 0 Å². The molecule has 3 atom stereocenters. The molecule has 0 aromatic carbocycles. The Morgan fingerprint density at radius 2 is 2.00 bits per heavy atom. The molecule has 1 aliphatic rings. The maximum Gasteiger partial charge on any atom is 0.0184 e. The van der Waals surface area contributed by atoms with E-state index in [1.54, 1.807) is 0 Å². The monoisotopic (exact) mass is 272 g/mol. The van der Waals surface area contributed by atoms with Crippen LogP contribution in [0.2, 0.25) is 0 Å². The predicted octanol–water partition coefficient (Wildman–Crippen LogP) is 3.23. The predicted molar refractivity (Wildman–Crippen MR) is 84.5 cm³/mol. The van der Waals surface area contributed by atoms with Crippen molar-refractivity contribution in [3.8, 4) is 0 Å². The summed E-state index contributed by atoms with van der Waals surface area (Å²) in [7, 11) is 0. The highest BCUT2D eigenvalue weighted by atomic mass is 32.2. The van der Waals surface area contributed by atoms with Gasteiger partial charge in [0.2, 0.25) is 0 Å². The van der Waals surface area contributed by atoms with E-state index in [0.717, 1.165) is 17.8 Å². The van der Waals surface area contributed by atoms with Crippen molar-refractivity contribution in [3.63, 3.8) is 0 Å². The molecule has 1 heterocycles. The fraction of sp³-hybridized carbons (Fsp3) is 1.00. The van der Waals surface area contributed by atoms with E-state index in [2.05, 4.69) is 63.5 Å². The third-order valence-corrected chi connectivity index (χ3v) is 5.55. The molecule has 18 heavy (non-hydrogen) atoms. The Kier molecular flexibility index (Phi) is 6.49. The average Bonchev–Trinajstić information content (AvgIpc) is 2.28. The number of nitrogens with zero attached hydrogens (tertiary/aromatic N) is 1. The van der Waals surface area contributed by atoms with E-state index in [-0.39, 0.29) is 0 Å². The van der Waals surface area contributed by atoms with Crippen LogP contribution >= 0.6 is 11.8 Å². The summed E-state index contributed by atoms with van der Waals surface area (Å²) in [6, 6.07) is 1.35. The summed E-state index contributed by atoms with van der Waals surface area (Å²) in [5.41, 5.74) is 0.357. The van der Waals surface area contributed by atoms with Gasteiger partial charge in [-0.2, -0.15) is 11.8 Å². The first-order chi connectivity index (χ1) is 8.36. The first-order valence-corrected chi connectivity index (χ1v) is 8.50. The van der Waals surface area contributed by atoms with E-state index in [4.69, 9.17) is 0 Å². The molecule has 0 bridgehead atoms. The van der Waals surface area contributed by atoms with E-state index in [9.17, 15) is 0 Å². The molecule has 0 saturated carbocycles. The number of nitrogens with one attached hydrogen (secondary N) is 1. The van der Waals surface area contributed by atoms with Crippen LogP contribution in [0.4, 0.5) is 0 Å². The molecule has 108 valence electrons. The van der Waals surface area contributed by atoms with Gasteiger partial charge in [0.15, 0.2) is 0 Å². The molecular formula is C15H32N2S. The number of thioether (sulfide) groups is 1. The summed E-state index contributed by atoms with van der Waals surface area (Å²) in [4.78, 5) is 2.68. The Labute approximate surface area is 118 Å². The van der Waals surface area contributed by atoms with Gasteiger partial charge in [0.05, 0.1) is 0 Å². The van der Waals surface area contributed by atoms with E-state index >= 15 is 0 Å². The van der Waals surface area contributed by atoms with Crippen LogP contribution in [0, 0.1) is 5.41 Å². The van der Waals surface area contributed by atoms with Gasteiger partial charge in [0.1, 0.15) is 0 Å². The largest absolute Gasteiger partial charge is 0.314 e. The zero-order chi connectivity index (χ0) is 13.8. The quantitative estimate of drug-likeness (QED) is 0.827. The van der Waals surface area contributed by atoms with Gasteiger partial charge in [-0.05, 0) is 31.8 Å². The first-order valence-electron chi connectivity index (χ1n) is 7.45. The summed E-state index contributed by atoms with van der Waals surface area (Å²) < 4.78 is 0. The molecule has 1 N–H and O–H groups in total. The topological polar surface area (TPSA) is 15.3 Å². The van der Waals surface area contributed by atoms with Crippen molar-refractivity contribution in [3.05, 3.63) is 0 Å². The molecule has 0 aromatic rings. The normalized spacial score (nSPS) is 28.3. The second kappa shape index (κ2) is 7.16. The van der Waals surface area contributed by atoms with E-state index in [1.165, 1.54) is 25.3 Å². The van der Waals surface area contributed by atoms with Gasteiger partial charge in [-0.25, -0.2) is 0 Å². The standard InChI is InChI=1S/C15H32N2S/c1-7-16-14(15(4,5)6)8-9-17-10-11-18-13(3)12(17)2/h12-14,16H,7-11H2,1-6H3. The van der Waals surface area contributed by atoms with Crippen LogP contribution in [-0.2, 0) is 0 Å². The summed E-state index contributed by atoms with van der Waals surface area (Å²) >= 11 is 2.12. The fourth-order valence-corrected chi connectivity index (χ4v) is 3.86. The van der Waals surface area contributed by atoms with Crippen LogP contribution in [0.5, 0.6) is 0 Å². The number of hydrogen-bond acceptors (Lipinski definition) is 3. The zero-order valence-electron chi connectivity index (χ0n) is 13.1. The zero-order valence-corrected chi connectivity index (χ0v) is 13.9. The van der Waals surface area contributed by atoms with Crippen molar-refractivity contribution in [1.29, 1.82) is 0 Å². The maximum absolute atomic E-state index is 3.66. The number of rotatable bonds is 5. The third kappa shape index (κ3) is 4.75. The van der Waals surface area contributed by atoms with Crippen LogP contribution in [0.3, 0.4) is 0 Å². The Morgan fingerprint density at radius 3 is 2.56 bits per heavy atom. The Morgan fingerprint density at radius 1 is 1.33 bits per heavy atom. The van der Waals surface area contributed by atoms with Crippen molar-refractivity contribution in [2.24, 2.45) is 5.41 Å². The molecule has 2 nitrogen and oxygen atoms in total. The highest BCUT2D eigenvalue weighted by Gasteiger charge is 2.28. The second-order valence-corrected chi connectivity index (χ2v) is 8.10. The Balaban J connectivity index is 2.46. The SMILES string of the molecule is CCNC(CCN1CCSC(C)C1C)C(C)(C)C. The highest BCUT2D eigenvalue weighted by Crippen LogP contribution is 2.26. The molecule has 1 rings (SSSR count). The van der Waals surface area contributed by atoms with Crippen LogP contribution in [0.1, 0.15) is 48.0 Å². The molecule has 0 aliphatic carbocycles. The minimum atomic E-state index is 0.357. The van der Waals surface area contributed by atoms with Gasteiger partial charge in [-0.15, -0.1) is 0 Å². The second-order valence-electron chi connectivity index (χ2n) is 6.62. The van der Waals surface area contributed by atoms with Crippen molar-refractivity contribution in [2.75, 3.05) is 25.4 Å². The lowest BCUT2D eigenvalue weighted by Crippen LogP contribution is -2.48. The van der Waals surface area contributed by atoms with Crippen molar-refractivity contribution in [2.45, 2.75) is 65.3 Å². The molecule has 0 spiro atoms. The fourth-order valence-electron chi connectivity index (χ4n) is 2.69. The van der Waals surface area contributed by atoms with Crippen molar-refractivity contribution >= 4 is 11.8 Å². The summed E-state index contributed by atoms with van der Waals surface area (Å²) in [6.45, 7) is 17.6. The van der Waals surface area contributed by atoms with Crippen LogP contribution in [0.25, 0.3) is 0 Å². The number of hydrogen-bond donors (Lipinski definition) is 1. The van der Waals surface area contributed by atoms with Gasteiger partial charge in [0, 0.05) is 29.6 Å². The minimum Gasteiger partial charge on any atom is -0.314 e. The lowest BCUT2D eigenvalue weighted by molar-refractivity contribution is 0.174.